The van der Waals surface area contributed by atoms with Crippen molar-refractivity contribution in [2.45, 2.75) is 51.6 Å². The fourth-order valence-electron chi connectivity index (χ4n) is 2.13. The lowest BCUT2D eigenvalue weighted by Gasteiger charge is -2.10. The Balaban J connectivity index is 1.97. The number of aromatic nitrogens is 5. The lowest BCUT2D eigenvalue weighted by atomic mass is 10.2. The summed E-state index contributed by atoms with van der Waals surface area (Å²) in [5.74, 6) is 0.817. The van der Waals surface area contributed by atoms with E-state index in [0.29, 0.717) is 12.1 Å². The first-order valence-corrected chi connectivity index (χ1v) is 6.62. The molecule has 6 heteroatoms. The van der Waals surface area contributed by atoms with E-state index < -0.39 is 0 Å². The van der Waals surface area contributed by atoms with E-state index >= 15 is 0 Å². The van der Waals surface area contributed by atoms with Crippen LogP contribution < -0.4 is 5.32 Å². The van der Waals surface area contributed by atoms with Crippen LogP contribution in [-0.2, 0) is 0 Å². The molecule has 1 N–H and O–H groups in total. The maximum Gasteiger partial charge on any atom is 0.184 e. The molecule has 96 valence electrons. The fraction of sp³-hybridized carbons (Fsp3) is 0.667. The second-order valence-electron chi connectivity index (χ2n) is 4.98. The maximum absolute atomic E-state index is 4.32. The standard InChI is InChI=1S/C12H18N6/c1-3-4-8(2)18-12-10(16-17-18)11(13-7-14-12)15-9-5-6-9/h7-9H,3-6H2,1-2H3,(H,13,14,15). The second kappa shape index (κ2) is 4.51. The highest BCUT2D eigenvalue weighted by molar-refractivity contribution is 5.82. The van der Waals surface area contributed by atoms with Gasteiger partial charge < -0.3 is 5.32 Å². The van der Waals surface area contributed by atoms with E-state index in [2.05, 4.69) is 39.4 Å². The van der Waals surface area contributed by atoms with Crippen molar-refractivity contribution in [3.63, 3.8) is 0 Å². The maximum atomic E-state index is 4.32. The summed E-state index contributed by atoms with van der Waals surface area (Å²) in [6.45, 7) is 4.32. The van der Waals surface area contributed by atoms with Crippen LogP contribution in [0.5, 0.6) is 0 Å². The van der Waals surface area contributed by atoms with Crippen LogP contribution in [0.4, 0.5) is 5.82 Å². The number of hydrogen-bond acceptors (Lipinski definition) is 5. The number of fused-ring (bicyclic) bond motifs is 1. The molecule has 1 aliphatic carbocycles. The van der Waals surface area contributed by atoms with Crippen molar-refractivity contribution >= 4 is 17.0 Å². The summed E-state index contributed by atoms with van der Waals surface area (Å²) in [6.07, 6.45) is 6.22. The molecule has 0 spiro atoms. The molecule has 2 aromatic heterocycles. The third-order valence-corrected chi connectivity index (χ3v) is 3.30. The molecule has 2 aromatic rings. The Morgan fingerprint density at radius 3 is 3.00 bits per heavy atom. The van der Waals surface area contributed by atoms with Gasteiger partial charge in [0, 0.05) is 6.04 Å². The molecule has 1 saturated carbocycles. The van der Waals surface area contributed by atoms with E-state index in [9.17, 15) is 0 Å². The fourth-order valence-corrected chi connectivity index (χ4v) is 2.13. The minimum atomic E-state index is 0.323. The van der Waals surface area contributed by atoms with Gasteiger partial charge in [-0.25, -0.2) is 14.6 Å². The normalized spacial score (nSPS) is 17.0. The molecule has 1 unspecified atom stereocenters. The topological polar surface area (TPSA) is 68.5 Å². The molecule has 0 aromatic carbocycles. The average Bonchev–Trinajstić information content (AvgIpc) is 3.06. The molecule has 2 heterocycles. The zero-order valence-electron chi connectivity index (χ0n) is 10.8. The highest BCUT2D eigenvalue weighted by Gasteiger charge is 2.24. The monoisotopic (exact) mass is 246 g/mol. The van der Waals surface area contributed by atoms with Crippen molar-refractivity contribution < 1.29 is 0 Å². The zero-order valence-corrected chi connectivity index (χ0v) is 10.8. The van der Waals surface area contributed by atoms with E-state index in [1.54, 1.807) is 6.33 Å². The van der Waals surface area contributed by atoms with Crippen molar-refractivity contribution in [2.24, 2.45) is 0 Å². The number of hydrogen-bond donors (Lipinski definition) is 1. The molecule has 0 bridgehead atoms. The predicted molar refractivity (Wildman–Crippen MR) is 69.4 cm³/mol. The Hall–Kier alpha value is -1.72. The molecule has 1 atom stereocenters. The number of nitrogens with zero attached hydrogens (tertiary/aromatic N) is 5. The summed E-state index contributed by atoms with van der Waals surface area (Å²) in [5.41, 5.74) is 1.61. The molecule has 1 aliphatic rings. The van der Waals surface area contributed by atoms with E-state index in [1.165, 1.54) is 12.8 Å². The molecule has 0 aliphatic heterocycles. The third-order valence-electron chi connectivity index (χ3n) is 3.30. The van der Waals surface area contributed by atoms with E-state index in [0.717, 1.165) is 29.8 Å². The van der Waals surface area contributed by atoms with Gasteiger partial charge in [0.1, 0.15) is 6.33 Å². The number of anilines is 1. The largest absolute Gasteiger partial charge is 0.365 e. The number of nitrogens with one attached hydrogen (secondary N) is 1. The first-order chi connectivity index (χ1) is 8.79. The first-order valence-electron chi connectivity index (χ1n) is 6.62. The van der Waals surface area contributed by atoms with Crippen LogP contribution in [0.2, 0.25) is 0 Å². The van der Waals surface area contributed by atoms with Crippen molar-refractivity contribution in [3.05, 3.63) is 6.33 Å². The molecule has 6 nitrogen and oxygen atoms in total. The Bertz CT molecular complexity index is 544. The predicted octanol–water partition coefficient (Wildman–Crippen LogP) is 2.16. The minimum Gasteiger partial charge on any atom is -0.365 e. The van der Waals surface area contributed by atoms with Crippen LogP contribution in [0.25, 0.3) is 11.2 Å². The van der Waals surface area contributed by atoms with Gasteiger partial charge in [-0.1, -0.05) is 18.6 Å². The lowest BCUT2D eigenvalue weighted by Crippen LogP contribution is -2.08. The van der Waals surface area contributed by atoms with Gasteiger partial charge in [-0.3, -0.25) is 0 Å². The third kappa shape index (κ3) is 2.02. The van der Waals surface area contributed by atoms with Crippen LogP contribution >= 0.6 is 0 Å². The Morgan fingerprint density at radius 2 is 2.28 bits per heavy atom. The summed E-state index contributed by atoms with van der Waals surface area (Å²) in [5, 5.41) is 11.8. The van der Waals surface area contributed by atoms with Crippen LogP contribution in [0.15, 0.2) is 6.33 Å². The summed E-state index contributed by atoms with van der Waals surface area (Å²) < 4.78 is 1.90. The van der Waals surface area contributed by atoms with Crippen molar-refractivity contribution in [1.82, 2.24) is 25.0 Å². The van der Waals surface area contributed by atoms with Gasteiger partial charge in [-0.2, -0.15) is 0 Å². The van der Waals surface area contributed by atoms with Crippen molar-refractivity contribution in [1.29, 1.82) is 0 Å². The molecule has 0 amide bonds. The summed E-state index contributed by atoms with van der Waals surface area (Å²) in [6, 6.07) is 0.880. The number of rotatable bonds is 5. The summed E-state index contributed by atoms with van der Waals surface area (Å²) in [7, 11) is 0. The highest BCUT2D eigenvalue weighted by Crippen LogP contribution is 2.27. The van der Waals surface area contributed by atoms with Crippen LogP contribution in [-0.4, -0.2) is 31.0 Å². The van der Waals surface area contributed by atoms with Gasteiger partial charge in [-0.15, -0.1) is 5.10 Å². The van der Waals surface area contributed by atoms with Gasteiger partial charge in [-0.05, 0) is 26.2 Å². The molecule has 3 rings (SSSR count). The Kier molecular flexibility index (Phi) is 2.85. The van der Waals surface area contributed by atoms with E-state index in [1.807, 2.05) is 4.68 Å². The summed E-state index contributed by atoms with van der Waals surface area (Å²) in [4.78, 5) is 8.59. The van der Waals surface area contributed by atoms with Gasteiger partial charge in [0.25, 0.3) is 0 Å². The quantitative estimate of drug-likeness (QED) is 0.875. The average molecular weight is 246 g/mol. The Morgan fingerprint density at radius 1 is 1.44 bits per heavy atom. The molecule has 1 fully saturated rings. The highest BCUT2D eigenvalue weighted by atomic mass is 15.5. The SMILES string of the molecule is CCCC(C)n1nnc2c(NC3CC3)ncnc21. The van der Waals surface area contributed by atoms with Crippen LogP contribution in [0.1, 0.15) is 45.6 Å². The van der Waals surface area contributed by atoms with Crippen LogP contribution in [0, 0.1) is 0 Å². The zero-order chi connectivity index (χ0) is 12.5. The van der Waals surface area contributed by atoms with Crippen LogP contribution in [0.3, 0.4) is 0 Å². The molecule has 0 radical (unpaired) electrons. The molecule has 0 saturated heterocycles. The van der Waals surface area contributed by atoms with Gasteiger partial charge >= 0.3 is 0 Å². The smallest absolute Gasteiger partial charge is 0.184 e. The van der Waals surface area contributed by atoms with Crippen molar-refractivity contribution in [3.8, 4) is 0 Å². The van der Waals surface area contributed by atoms with E-state index in [-0.39, 0.29) is 0 Å². The van der Waals surface area contributed by atoms with Crippen molar-refractivity contribution in [2.75, 3.05) is 5.32 Å². The van der Waals surface area contributed by atoms with Gasteiger partial charge in [0.15, 0.2) is 17.0 Å². The Labute approximate surface area is 106 Å². The second-order valence-corrected chi connectivity index (χ2v) is 4.98. The molecular weight excluding hydrogens is 228 g/mol. The molecular formula is C12H18N6. The lowest BCUT2D eigenvalue weighted by molar-refractivity contribution is 0.453. The molecule has 18 heavy (non-hydrogen) atoms. The van der Waals surface area contributed by atoms with E-state index in [4.69, 9.17) is 0 Å². The van der Waals surface area contributed by atoms with Gasteiger partial charge in [0.05, 0.1) is 6.04 Å². The minimum absolute atomic E-state index is 0.323. The van der Waals surface area contributed by atoms with Gasteiger partial charge in [0.2, 0.25) is 0 Å². The first kappa shape index (κ1) is 11.4. The summed E-state index contributed by atoms with van der Waals surface area (Å²) >= 11 is 0.